The van der Waals surface area contributed by atoms with E-state index in [9.17, 15) is 0 Å². The van der Waals surface area contributed by atoms with E-state index in [1.54, 1.807) is 0 Å². The minimum absolute atomic E-state index is 0.285. The molecule has 0 aliphatic carbocycles. The van der Waals surface area contributed by atoms with E-state index in [1.165, 1.54) is 0 Å². The number of nitrogens with zero attached hydrogens (tertiary/aromatic N) is 1. The van der Waals surface area contributed by atoms with Crippen LogP contribution in [0.25, 0.3) is 0 Å². The van der Waals surface area contributed by atoms with Gasteiger partial charge >= 0.3 is 0 Å². The van der Waals surface area contributed by atoms with Crippen molar-refractivity contribution in [2.75, 3.05) is 19.8 Å². The van der Waals surface area contributed by atoms with Gasteiger partial charge < -0.3 is 14.8 Å². The molecule has 0 spiro atoms. The van der Waals surface area contributed by atoms with Gasteiger partial charge in [-0.25, -0.2) is 0 Å². The molecular weight excluding hydrogens is 240 g/mol. The molecule has 4 nitrogen and oxygen atoms in total. The summed E-state index contributed by atoms with van der Waals surface area (Å²) >= 11 is 0. The summed E-state index contributed by atoms with van der Waals surface area (Å²) in [6, 6.07) is 3.96. The number of nitrogens with one attached hydrogen (secondary N) is 1. The Balaban J connectivity index is 1.83. The molecule has 1 N–H and O–H groups in total. The Morgan fingerprint density at radius 3 is 2.95 bits per heavy atom. The number of pyridine rings is 1. The highest BCUT2D eigenvalue weighted by molar-refractivity contribution is 5.23. The van der Waals surface area contributed by atoms with E-state index >= 15 is 0 Å². The van der Waals surface area contributed by atoms with Crippen LogP contribution in [0.3, 0.4) is 0 Å². The molecule has 4 heteroatoms. The zero-order valence-corrected chi connectivity index (χ0v) is 11.9. The molecule has 0 aromatic carbocycles. The molecule has 106 valence electrons. The van der Waals surface area contributed by atoms with Gasteiger partial charge in [0.25, 0.3) is 0 Å². The van der Waals surface area contributed by atoms with E-state index in [4.69, 9.17) is 9.47 Å². The van der Waals surface area contributed by atoms with Crippen molar-refractivity contribution in [3.63, 3.8) is 0 Å². The van der Waals surface area contributed by atoms with Crippen LogP contribution in [0.1, 0.15) is 32.4 Å². The Labute approximate surface area is 115 Å². The van der Waals surface area contributed by atoms with Crippen LogP contribution in [0, 0.1) is 5.92 Å². The van der Waals surface area contributed by atoms with Crippen LogP contribution in [0.15, 0.2) is 18.3 Å². The van der Waals surface area contributed by atoms with Crippen molar-refractivity contribution in [3.8, 4) is 5.75 Å². The predicted octanol–water partition coefficient (Wildman–Crippen LogP) is 2.39. The summed E-state index contributed by atoms with van der Waals surface area (Å²) in [5.41, 5.74) is 1.03. The van der Waals surface area contributed by atoms with Gasteiger partial charge in [-0.2, -0.15) is 0 Å². The molecule has 1 aromatic heterocycles. The summed E-state index contributed by atoms with van der Waals surface area (Å²) < 4.78 is 11.3. The van der Waals surface area contributed by atoms with Crippen LogP contribution in [-0.2, 0) is 11.3 Å². The van der Waals surface area contributed by atoms with E-state index in [2.05, 4.69) is 24.1 Å². The monoisotopic (exact) mass is 264 g/mol. The van der Waals surface area contributed by atoms with Crippen molar-refractivity contribution in [1.82, 2.24) is 10.3 Å². The summed E-state index contributed by atoms with van der Waals surface area (Å²) in [4.78, 5) is 4.36. The molecular formula is C15H24N2O2. The molecule has 1 fully saturated rings. The lowest BCUT2D eigenvalue weighted by Crippen LogP contribution is -2.26. The fraction of sp³-hybridized carbons (Fsp3) is 0.667. The van der Waals surface area contributed by atoms with E-state index < -0.39 is 0 Å². The molecule has 0 atom stereocenters. The second-order valence-electron chi connectivity index (χ2n) is 5.44. The fourth-order valence-corrected chi connectivity index (χ4v) is 2.10. The molecule has 1 aromatic rings. The fourth-order valence-electron chi connectivity index (χ4n) is 2.10. The van der Waals surface area contributed by atoms with Gasteiger partial charge in [-0.1, -0.05) is 13.8 Å². The third-order valence-corrected chi connectivity index (χ3v) is 3.12. The van der Waals surface area contributed by atoms with Gasteiger partial charge in [-0.3, -0.25) is 4.98 Å². The second kappa shape index (κ2) is 7.46. The van der Waals surface area contributed by atoms with Crippen LogP contribution >= 0.6 is 0 Å². The van der Waals surface area contributed by atoms with Crippen molar-refractivity contribution in [1.29, 1.82) is 0 Å². The number of hydrogen-bond acceptors (Lipinski definition) is 4. The molecule has 2 heterocycles. The van der Waals surface area contributed by atoms with Gasteiger partial charge in [-0.15, -0.1) is 0 Å². The lowest BCUT2D eigenvalue weighted by Gasteiger charge is -2.23. The summed E-state index contributed by atoms with van der Waals surface area (Å²) in [5.74, 6) is 1.57. The molecule has 0 saturated carbocycles. The number of aromatic nitrogens is 1. The zero-order chi connectivity index (χ0) is 13.5. The van der Waals surface area contributed by atoms with Gasteiger partial charge in [0.1, 0.15) is 11.9 Å². The van der Waals surface area contributed by atoms with E-state index in [0.29, 0.717) is 5.92 Å². The standard InChI is InChI=1S/C15H24N2O2/c1-12(2)10-16-11-13-9-15(3-6-17-13)19-14-4-7-18-8-5-14/h3,6,9,12,14,16H,4-5,7-8,10-11H2,1-2H3. The van der Waals surface area contributed by atoms with Crippen LogP contribution in [0.4, 0.5) is 0 Å². The maximum atomic E-state index is 5.98. The van der Waals surface area contributed by atoms with Crippen LogP contribution < -0.4 is 10.1 Å². The van der Waals surface area contributed by atoms with Crippen molar-refractivity contribution in [2.45, 2.75) is 39.3 Å². The highest BCUT2D eigenvalue weighted by Crippen LogP contribution is 2.18. The zero-order valence-electron chi connectivity index (χ0n) is 11.9. The first-order valence-electron chi connectivity index (χ1n) is 7.14. The number of hydrogen-bond donors (Lipinski definition) is 1. The van der Waals surface area contributed by atoms with Gasteiger partial charge in [0.2, 0.25) is 0 Å². The lowest BCUT2D eigenvalue weighted by molar-refractivity contribution is 0.0255. The average molecular weight is 264 g/mol. The SMILES string of the molecule is CC(C)CNCc1cc(OC2CCOCC2)ccn1. The molecule has 1 aliphatic rings. The molecule has 0 radical (unpaired) electrons. The second-order valence-corrected chi connectivity index (χ2v) is 5.44. The smallest absolute Gasteiger partial charge is 0.123 e. The molecule has 0 bridgehead atoms. The van der Waals surface area contributed by atoms with Crippen LogP contribution in [0.5, 0.6) is 5.75 Å². The first-order chi connectivity index (χ1) is 9.24. The Hall–Kier alpha value is -1.13. The van der Waals surface area contributed by atoms with Gasteiger partial charge in [-0.05, 0) is 18.5 Å². The van der Waals surface area contributed by atoms with Gasteiger partial charge in [0.15, 0.2) is 0 Å². The van der Waals surface area contributed by atoms with Gasteiger partial charge in [0, 0.05) is 31.6 Å². The molecule has 2 rings (SSSR count). The van der Waals surface area contributed by atoms with E-state index in [0.717, 1.165) is 50.6 Å². The maximum Gasteiger partial charge on any atom is 0.123 e. The topological polar surface area (TPSA) is 43.4 Å². The Bertz CT molecular complexity index is 376. The van der Waals surface area contributed by atoms with E-state index in [1.807, 2.05) is 18.3 Å². The summed E-state index contributed by atoms with van der Waals surface area (Å²) in [5, 5.41) is 3.39. The highest BCUT2D eigenvalue weighted by Gasteiger charge is 2.15. The minimum Gasteiger partial charge on any atom is -0.490 e. The third kappa shape index (κ3) is 5.17. The van der Waals surface area contributed by atoms with Gasteiger partial charge in [0.05, 0.1) is 18.9 Å². The summed E-state index contributed by atoms with van der Waals surface area (Å²) in [6.07, 6.45) is 4.06. The average Bonchev–Trinajstić information content (AvgIpc) is 2.40. The largest absolute Gasteiger partial charge is 0.490 e. The molecule has 1 saturated heterocycles. The van der Waals surface area contributed by atoms with Crippen molar-refractivity contribution in [3.05, 3.63) is 24.0 Å². The first kappa shape index (κ1) is 14.3. The first-order valence-corrected chi connectivity index (χ1v) is 7.14. The van der Waals surface area contributed by atoms with Crippen molar-refractivity contribution in [2.24, 2.45) is 5.92 Å². The minimum atomic E-state index is 0.285. The lowest BCUT2D eigenvalue weighted by atomic mass is 10.1. The Morgan fingerprint density at radius 1 is 1.42 bits per heavy atom. The van der Waals surface area contributed by atoms with Crippen molar-refractivity contribution < 1.29 is 9.47 Å². The molecule has 0 amide bonds. The molecule has 0 unspecified atom stereocenters. The highest BCUT2D eigenvalue weighted by atomic mass is 16.5. The number of ether oxygens (including phenoxy) is 2. The normalized spacial score (nSPS) is 16.8. The quantitative estimate of drug-likeness (QED) is 0.856. The van der Waals surface area contributed by atoms with Crippen LogP contribution in [-0.4, -0.2) is 30.8 Å². The number of rotatable bonds is 6. The Kier molecular flexibility index (Phi) is 5.61. The van der Waals surface area contributed by atoms with Crippen LogP contribution in [0.2, 0.25) is 0 Å². The third-order valence-electron chi connectivity index (χ3n) is 3.12. The molecule has 1 aliphatic heterocycles. The van der Waals surface area contributed by atoms with E-state index in [-0.39, 0.29) is 6.10 Å². The molecule has 19 heavy (non-hydrogen) atoms. The Morgan fingerprint density at radius 2 is 2.21 bits per heavy atom. The summed E-state index contributed by atoms with van der Waals surface area (Å²) in [6.45, 7) is 7.81. The predicted molar refractivity (Wildman–Crippen MR) is 75.3 cm³/mol. The summed E-state index contributed by atoms with van der Waals surface area (Å²) in [7, 11) is 0. The maximum absolute atomic E-state index is 5.98. The van der Waals surface area contributed by atoms with Crippen molar-refractivity contribution >= 4 is 0 Å².